The fourth-order valence-corrected chi connectivity index (χ4v) is 3.32. The number of sulfonamides is 1. The largest absolute Gasteiger partial charge is 0.465 e. The number of aliphatic hydroxyl groups is 1. The third kappa shape index (κ3) is 3.34. The summed E-state index contributed by atoms with van der Waals surface area (Å²) in [5.41, 5.74) is 4.69. The molecule has 0 unspecified atom stereocenters. The van der Waals surface area contributed by atoms with Gasteiger partial charge in [0.25, 0.3) is 0 Å². The molecule has 118 valence electrons. The van der Waals surface area contributed by atoms with Gasteiger partial charge in [0.15, 0.2) is 0 Å². The number of carbonyl (C=O) groups excluding carboxylic acids is 1. The molecule has 21 heavy (non-hydrogen) atoms. The molecule has 1 rings (SSSR count). The number of carbonyl (C=O) groups is 1. The SMILES string of the molecule is COC(=O)c1ccc(N)cc1S(=O)(=O)N(C)C(C)(C)CO. The van der Waals surface area contributed by atoms with Gasteiger partial charge >= 0.3 is 5.97 Å². The van der Waals surface area contributed by atoms with Crippen LogP contribution in [0, 0.1) is 0 Å². The van der Waals surface area contributed by atoms with Crippen molar-refractivity contribution in [3.05, 3.63) is 23.8 Å². The van der Waals surface area contributed by atoms with Gasteiger partial charge in [-0.25, -0.2) is 13.2 Å². The van der Waals surface area contributed by atoms with Crippen LogP contribution in [0.2, 0.25) is 0 Å². The predicted molar refractivity (Wildman–Crippen MR) is 78.3 cm³/mol. The van der Waals surface area contributed by atoms with Crippen LogP contribution in [0.25, 0.3) is 0 Å². The third-order valence-corrected chi connectivity index (χ3v) is 5.40. The predicted octanol–water partition coefficient (Wildman–Crippen LogP) is 0.447. The van der Waals surface area contributed by atoms with Gasteiger partial charge in [0.2, 0.25) is 10.0 Å². The number of nitrogen functional groups attached to an aromatic ring is 1. The second kappa shape index (κ2) is 6.00. The van der Waals surface area contributed by atoms with Gasteiger partial charge in [-0.2, -0.15) is 4.31 Å². The lowest BCUT2D eigenvalue weighted by molar-refractivity contribution is 0.0596. The molecular weight excluding hydrogens is 296 g/mol. The van der Waals surface area contributed by atoms with Crippen molar-refractivity contribution in [2.45, 2.75) is 24.3 Å². The average Bonchev–Trinajstić information content (AvgIpc) is 2.45. The Labute approximate surface area is 124 Å². The molecule has 0 saturated heterocycles. The molecule has 0 bridgehead atoms. The quantitative estimate of drug-likeness (QED) is 0.603. The number of rotatable bonds is 5. The summed E-state index contributed by atoms with van der Waals surface area (Å²) in [6, 6.07) is 3.92. The van der Waals surface area contributed by atoms with Crippen molar-refractivity contribution in [2.24, 2.45) is 0 Å². The lowest BCUT2D eigenvalue weighted by atomic mass is 10.1. The summed E-state index contributed by atoms with van der Waals surface area (Å²) < 4.78 is 31.0. The number of hydrogen-bond acceptors (Lipinski definition) is 6. The fourth-order valence-electron chi connectivity index (χ4n) is 1.60. The zero-order chi connectivity index (χ0) is 16.4. The number of aliphatic hydroxyl groups excluding tert-OH is 1. The van der Waals surface area contributed by atoms with Crippen LogP contribution in [0.3, 0.4) is 0 Å². The molecule has 0 radical (unpaired) electrons. The number of nitrogens with two attached hydrogens (primary N) is 1. The van der Waals surface area contributed by atoms with E-state index in [4.69, 9.17) is 5.73 Å². The molecule has 0 amide bonds. The summed E-state index contributed by atoms with van der Waals surface area (Å²) in [7, 11) is -1.53. The summed E-state index contributed by atoms with van der Waals surface area (Å²) in [6.45, 7) is 2.75. The second-order valence-electron chi connectivity index (χ2n) is 5.19. The van der Waals surface area contributed by atoms with Crippen molar-refractivity contribution < 1.29 is 23.1 Å². The van der Waals surface area contributed by atoms with Crippen LogP contribution in [0.4, 0.5) is 5.69 Å². The van der Waals surface area contributed by atoms with Crippen molar-refractivity contribution in [3.63, 3.8) is 0 Å². The molecule has 0 atom stereocenters. The Morgan fingerprint density at radius 3 is 2.48 bits per heavy atom. The first-order chi connectivity index (χ1) is 9.57. The average molecular weight is 316 g/mol. The monoisotopic (exact) mass is 316 g/mol. The fraction of sp³-hybridized carbons (Fsp3) is 0.462. The highest BCUT2D eigenvalue weighted by atomic mass is 32.2. The van der Waals surface area contributed by atoms with Gasteiger partial charge in [-0.15, -0.1) is 0 Å². The molecule has 3 N–H and O–H groups in total. The summed E-state index contributed by atoms with van der Waals surface area (Å²) in [6.07, 6.45) is 0. The Hall–Kier alpha value is -1.64. The summed E-state index contributed by atoms with van der Waals surface area (Å²) in [5.74, 6) is -0.774. The smallest absolute Gasteiger partial charge is 0.339 e. The van der Waals surface area contributed by atoms with Crippen molar-refractivity contribution in [3.8, 4) is 0 Å². The third-order valence-electron chi connectivity index (χ3n) is 3.29. The maximum Gasteiger partial charge on any atom is 0.339 e. The van der Waals surface area contributed by atoms with Crippen LogP contribution in [-0.4, -0.2) is 50.1 Å². The minimum Gasteiger partial charge on any atom is -0.465 e. The van der Waals surface area contributed by atoms with Crippen molar-refractivity contribution in [1.29, 1.82) is 0 Å². The van der Waals surface area contributed by atoms with Crippen molar-refractivity contribution in [2.75, 3.05) is 26.5 Å². The Balaban J connectivity index is 3.51. The zero-order valence-electron chi connectivity index (χ0n) is 12.5. The number of benzene rings is 1. The van der Waals surface area contributed by atoms with Gasteiger partial charge in [0.05, 0.1) is 29.7 Å². The molecule has 0 aliphatic rings. The van der Waals surface area contributed by atoms with Crippen LogP contribution in [-0.2, 0) is 14.8 Å². The molecule has 0 spiro atoms. The molecule has 1 aromatic rings. The first kappa shape index (κ1) is 17.4. The highest BCUT2D eigenvalue weighted by molar-refractivity contribution is 7.89. The van der Waals surface area contributed by atoms with Gasteiger partial charge in [0, 0.05) is 12.7 Å². The Bertz CT molecular complexity index is 640. The summed E-state index contributed by atoms with van der Waals surface area (Å²) >= 11 is 0. The van der Waals surface area contributed by atoms with Crippen LogP contribution >= 0.6 is 0 Å². The number of hydrogen-bond donors (Lipinski definition) is 2. The molecule has 1 aromatic carbocycles. The van der Waals surface area contributed by atoms with Crippen molar-refractivity contribution >= 4 is 21.7 Å². The first-order valence-corrected chi connectivity index (χ1v) is 7.59. The molecule has 0 heterocycles. The van der Waals surface area contributed by atoms with Crippen LogP contribution < -0.4 is 5.73 Å². The Kier molecular flexibility index (Phi) is 4.98. The number of ether oxygens (including phenoxy) is 1. The van der Waals surface area contributed by atoms with Crippen LogP contribution in [0.5, 0.6) is 0 Å². The van der Waals surface area contributed by atoms with E-state index in [-0.39, 0.29) is 22.8 Å². The van der Waals surface area contributed by atoms with E-state index in [1.165, 1.54) is 25.2 Å². The van der Waals surface area contributed by atoms with Gasteiger partial charge in [-0.05, 0) is 32.0 Å². The van der Waals surface area contributed by atoms with E-state index < -0.39 is 21.5 Å². The van der Waals surface area contributed by atoms with E-state index in [1.807, 2.05) is 0 Å². The van der Waals surface area contributed by atoms with E-state index in [2.05, 4.69) is 4.74 Å². The van der Waals surface area contributed by atoms with Gasteiger partial charge in [-0.1, -0.05) is 0 Å². The van der Waals surface area contributed by atoms with Crippen LogP contribution in [0.15, 0.2) is 23.1 Å². The standard InChI is InChI=1S/C13H20N2O5S/c1-13(2,8-16)15(3)21(18,19)11-7-9(14)5-6-10(11)12(17)20-4/h5-7,16H,8,14H2,1-4H3. The lowest BCUT2D eigenvalue weighted by Gasteiger charge is -2.33. The Morgan fingerprint density at radius 2 is 2.00 bits per heavy atom. The Morgan fingerprint density at radius 1 is 1.43 bits per heavy atom. The highest BCUT2D eigenvalue weighted by Gasteiger charge is 2.36. The minimum atomic E-state index is -4.02. The number of likely N-dealkylation sites (N-methyl/N-ethyl adjacent to an activating group) is 1. The van der Waals surface area contributed by atoms with E-state index in [9.17, 15) is 18.3 Å². The molecular formula is C13H20N2O5S. The zero-order valence-corrected chi connectivity index (χ0v) is 13.3. The van der Waals surface area contributed by atoms with E-state index >= 15 is 0 Å². The van der Waals surface area contributed by atoms with Gasteiger partial charge in [-0.3, -0.25) is 0 Å². The second-order valence-corrected chi connectivity index (χ2v) is 7.13. The minimum absolute atomic E-state index is 0.104. The van der Waals surface area contributed by atoms with Crippen LogP contribution in [0.1, 0.15) is 24.2 Å². The normalized spacial score (nSPS) is 12.5. The van der Waals surface area contributed by atoms with E-state index in [0.29, 0.717) is 0 Å². The molecule has 8 heteroatoms. The van der Waals surface area contributed by atoms with E-state index in [0.717, 1.165) is 11.4 Å². The number of methoxy groups -OCH3 is 1. The molecule has 0 fully saturated rings. The maximum absolute atomic E-state index is 12.7. The number of anilines is 1. The summed E-state index contributed by atoms with van der Waals surface area (Å²) in [4.78, 5) is 11.5. The molecule has 0 aliphatic heterocycles. The first-order valence-electron chi connectivity index (χ1n) is 6.15. The summed E-state index contributed by atoms with van der Waals surface area (Å²) in [5, 5.41) is 9.33. The van der Waals surface area contributed by atoms with Gasteiger partial charge < -0.3 is 15.6 Å². The maximum atomic E-state index is 12.7. The topological polar surface area (TPSA) is 110 Å². The lowest BCUT2D eigenvalue weighted by Crippen LogP contribution is -2.47. The molecule has 0 aliphatic carbocycles. The van der Waals surface area contributed by atoms with Crippen molar-refractivity contribution in [1.82, 2.24) is 4.31 Å². The number of nitrogens with zero attached hydrogens (tertiary/aromatic N) is 1. The molecule has 0 aromatic heterocycles. The molecule has 0 saturated carbocycles. The van der Waals surface area contributed by atoms with Gasteiger partial charge in [0.1, 0.15) is 0 Å². The van der Waals surface area contributed by atoms with E-state index in [1.54, 1.807) is 13.8 Å². The number of esters is 1. The highest BCUT2D eigenvalue weighted by Crippen LogP contribution is 2.27. The molecule has 7 nitrogen and oxygen atoms in total.